The molecule has 2 heterocycles. The van der Waals surface area contributed by atoms with Crippen molar-refractivity contribution in [3.63, 3.8) is 0 Å². The van der Waals surface area contributed by atoms with E-state index in [1.165, 1.54) is 5.56 Å². The Morgan fingerprint density at radius 3 is 2.78 bits per heavy atom. The van der Waals surface area contributed by atoms with Crippen LogP contribution in [0.1, 0.15) is 30.7 Å². The summed E-state index contributed by atoms with van der Waals surface area (Å²) in [6.07, 6.45) is 3.66. The van der Waals surface area contributed by atoms with E-state index < -0.39 is 0 Å². The van der Waals surface area contributed by atoms with Crippen LogP contribution in [-0.4, -0.2) is 45.4 Å². The Labute approximate surface area is 155 Å². The minimum absolute atomic E-state index is 0. The summed E-state index contributed by atoms with van der Waals surface area (Å²) in [5, 5.41) is 6.79. The molecular formula is C17H26IN3O2. The first-order chi connectivity index (χ1) is 10.9. The highest BCUT2D eigenvalue weighted by Gasteiger charge is 2.21. The Kier molecular flexibility index (Phi) is 7.42. The van der Waals surface area contributed by atoms with Crippen LogP contribution in [-0.2, 0) is 4.74 Å². The number of nitrogens with zero attached hydrogens (tertiary/aromatic N) is 1. The molecule has 0 aromatic heterocycles. The molecule has 2 aliphatic rings. The lowest BCUT2D eigenvalue weighted by Crippen LogP contribution is -2.42. The summed E-state index contributed by atoms with van der Waals surface area (Å²) in [6, 6.07) is 8.30. The van der Waals surface area contributed by atoms with Crippen LogP contribution in [0.5, 0.6) is 5.75 Å². The minimum Gasteiger partial charge on any atom is -0.493 e. The average molecular weight is 431 g/mol. The highest BCUT2D eigenvalue weighted by molar-refractivity contribution is 14.0. The first-order valence-corrected chi connectivity index (χ1v) is 8.14. The van der Waals surface area contributed by atoms with E-state index in [2.05, 4.69) is 27.8 Å². The van der Waals surface area contributed by atoms with Gasteiger partial charge in [0.1, 0.15) is 5.75 Å². The summed E-state index contributed by atoms with van der Waals surface area (Å²) in [7, 11) is 1.81. The molecular weight excluding hydrogens is 405 g/mol. The number of ether oxygens (including phenoxy) is 2. The van der Waals surface area contributed by atoms with Gasteiger partial charge in [0.25, 0.3) is 0 Å². The molecule has 0 aliphatic carbocycles. The van der Waals surface area contributed by atoms with Gasteiger partial charge >= 0.3 is 0 Å². The standard InChI is InChI=1S/C17H25N3O2.HI/c1-18-17(20-12-14-5-4-9-21-14)19-11-13-8-10-22-16-7-3-2-6-15(13)16;/h2-3,6-7,13-14H,4-5,8-12H2,1H3,(H2,18,19,20);1H. The third-order valence-corrected chi connectivity index (χ3v) is 4.34. The van der Waals surface area contributed by atoms with Crippen molar-refractivity contribution in [3.05, 3.63) is 29.8 Å². The molecule has 5 nitrogen and oxygen atoms in total. The summed E-state index contributed by atoms with van der Waals surface area (Å²) < 4.78 is 11.3. The predicted molar refractivity (Wildman–Crippen MR) is 103 cm³/mol. The molecule has 1 saturated heterocycles. The molecule has 0 amide bonds. The zero-order valence-electron chi connectivity index (χ0n) is 13.6. The SMILES string of the molecule is CN=C(NCC1CCCO1)NCC1CCOc2ccccc21.I. The topological polar surface area (TPSA) is 54.9 Å². The summed E-state index contributed by atoms with van der Waals surface area (Å²) in [4.78, 5) is 4.30. The Morgan fingerprint density at radius 2 is 2.00 bits per heavy atom. The molecule has 2 aliphatic heterocycles. The van der Waals surface area contributed by atoms with Gasteiger partial charge in [0.05, 0.1) is 12.7 Å². The van der Waals surface area contributed by atoms with Gasteiger partial charge in [-0.15, -0.1) is 24.0 Å². The number of aliphatic imine (C=N–C) groups is 1. The first kappa shape index (κ1) is 18.3. The Balaban J connectivity index is 0.00000192. The van der Waals surface area contributed by atoms with Crippen molar-refractivity contribution in [1.82, 2.24) is 10.6 Å². The third-order valence-electron chi connectivity index (χ3n) is 4.34. The summed E-state index contributed by atoms with van der Waals surface area (Å²) >= 11 is 0. The van der Waals surface area contributed by atoms with Crippen molar-refractivity contribution in [1.29, 1.82) is 0 Å². The number of rotatable bonds is 4. The van der Waals surface area contributed by atoms with Gasteiger partial charge < -0.3 is 20.1 Å². The van der Waals surface area contributed by atoms with E-state index in [0.717, 1.165) is 57.3 Å². The van der Waals surface area contributed by atoms with Crippen LogP contribution in [0.2, 0.25) is 0 Å². The molecule has 6 heteroatoms. The number of benzene rings is 1. The monoisotopic (exact) mass is 431 g/mol. The molecule has 128 valence electrons. The maximum atomic E-state index is 5.71. The number of hydrogen-bond donors (Lipinski definition) is 2. The number of para-hydroxylation sites is 1. The minimum atomic E-state index is 0. The number of guanidine groups is 1. The summed E-state index contributed by atoms with van der Waals surface area (Å²) in [5.41, 5.74) is 1.29. The lowest BCUT2D eigenvalue weighted by atomic mass is 9.93. The van der Waals surface area contributed by atoms with Gasteiger partial charge in [-0.2, -0.15) is 0 Å². The maximum Gasteiger partial charge on any atom is 0.191 e. The fraction of sp³-hybridized carbons (Fsp3) is 0.588. The van der Waals surface area contributed by atoms with Crippen LogP contribution in [0.4, 0.5) is 0 Å². The molecule has 0 radical (unpaired) electrons. The quantitative estimate of drug-likeness (QED) is 0.437. The van der Waals surface area contributed by atoms with E-state index in [9.17, 15) is 0 Å². The lowest BCUT2D eigenvalue weighted by molar-refractivity contribution is 0.114. The van der Waals surface area contributed by atoms with Gasteiger partial charge in [0, 0.05) is 32.7 Å². The third kappa shape index (κ3) is 4.97. The average Bonchev–Trinajstić information content (AvgIpc) is 3.08. The van der Waals surface area contributed by atoms with E-state index >= 15 is 0 Å². The summed E-state index contributed by atoms with van der Waals surface area (Å²) in [5.74, 6) is 2.33. The first-order valence-electron chi connectivity index (χ1n) is 8.14. The van der Waals surface area contributed by atoms with Gasteiger partial charge in [0.15, 0.2) is 5.96 Å². The number of halogens is 1. The molecule has 0 bridgehead atoms. The molecule has 0 spiro atoms. The van der Waals surface area contributed by atoms with E-state index in [1.54, 1.807) is 0 Å². The second-order valence-electron chi connectivity index (χ2n) is 5.84. The van der Waals surface area contributed by atoms with Crippen LogP contribution in [0, 0.1) is 0 Å². The predicted octanol–water partition coefficient (Wildman–Crippen LogP) is 2.51. The maximum absolute atomic E-state index is 5.71. The lowest BCUT2D eigenvalue weighted by Gasteiger charge is -2.26. The van der Waals surface area contributed by atoms with Gasteiger partial charge in [0.2, 0.25) is 0 Å². The van der Waals surface area contributed by atoms with Gasteiger partial charge in [-0.25, -0.2) is 0 Å². The van der Waals surface area contributed by atoms with Crippen molar-refractivity contribution < 1.29 is 9.47 Å². The van der Waals surface area contributed by atoms with Crippen molar-refractivity contribution in [2.75, 3.05) is 33.4 Å². The highest BCUT2D eigenvalue weighted by atomic mass is 127. The van der Waals surface area contributed by atoms with E-state index in [4.69, 9.17) is 9.47 Å². The highest BCUT2D eigenvalue weighted by Crippen LogP contribution is 2.32. The molecule has 23 heavy (non-hydrogen) atoms. The number of fused-ring (bicyclic) bond motifs is 1. The van der Waals surface area contributed by atoms with Crippen molar-refractivity contribution in [2.24, 2.45) is 4.99 Å². The zero-order chi connectivity index (χ0) is 15.2. The molecule has 3 rings (SSSR count). The molecule has 2 N–H and O–H groups in total. The van der Waals surface area contributed by atoms with Crippen LogP contribution >= 0.6 is 24.0 Å². The van der Waals surface area contributed by atoms with Crippen molar-refractivity contribution in [2.45, 2.75) is 31.3 Å². The van der Waals surface area contributed by atoms with Crippen LogP contribution < -0.4 is 15.4 Å². The second-order valence-corrected chi connectivity index (χ2v) is 5.84. The van der Waals surface area contributed by atoms with Gasteiger partial charge in [-0.05, 0) is 30.9 Å². The Hall–Kier alpha value is -1.02. The zero-order valence-corrected chi connectivity index (χ0v) is 15.9. The van der Waals surface area contributed by atoms with Crippen LogP contribution in [0.3, 0.4) is 0 Å². The number of nitrogens with one attached hydrogen (secondary N) is 2. The van der Waals surface area contributed by atoms with Gasteiger partial charge in [-0.3, -0.25) is 4.99 Å². The molecule has 1 aromatic carbocycles. The van der Waals surface area contributed by atoms with Crippen molar-refractivity contribution >= 4 is 29.9 Å². The van der Waals surface area contributed by atoms with Gasteiger partial charge in [-0.1, -0.05) is 18.2 Å². The van der Waals surface area contributed by atoms with E-state index in [0.29, 0.717) is 12.0 Å². The fourth-order valence-electron chi connectivity index (χ4n) is 3.08. The largest absolute Gasteiger partial charge is 0.493 e. The van der Waals surface area contributed by atoms with Crippen molar-refractivity contribution in [3.8, 4) is 5.75 Å². The molecule has 2 unspecified atom stereocenters. The molecule has 1 aromatic rings. The van der Waals surface area contributed by atoms with E-state index in [1.807, 2.05) is 19.2 Å². The molecule has 0 saturated carbocycles. The number of hydrogen-bond acceptors (Lipinski definition) is 3. The van der Waals surface area contributed by atoms with E-state index in [-0.39, 0.29) is 24.0 Å². The fourth-order valence-corrected chi connectivity index (χ4v) is 3.08. The Bertz CT molecular complexity index is 518. The molecule has 1 fully saturated rings. The normalized spacial score (nSPS) is 23.4. The smallest absolute Gasteiger partial charge is 0.191 e. The summed E-state index contributed by atoms with van der Waals surface area (Å²) in [6.45, 7) is 3.36. The van der Waals surface area contributed by atoms with Crippen LogP contribution in [0.15, 0.2) is 29.3 Å². The van der Waals surface area contributed by atoms with Crippen LogP contribution in [0.25, 0.3) is 0 Å². The Morgan fingerprint density at radius 1 is 1.17 bits per heavy atom. The second kappa shape index (κ2) is 9.32. The molecule has 2 atom stereocenters.